The molecule has 4 heteroatoms. The number of hydrogen-bond donors (Lipinski definition) is 2. The molecule has 0 heterocycles. The van der Waals surface area contributed by atoms with E-state index in [1.807, 2.05) is 6.92 Å². The number of ether oxygens (including phenoxy) is 1. The zero-order chi connectivity index (χ0) is 8.91. The molecule has 0 aromatic heterocycles. The monoisotopic (exact) mass is 161 g/mol. The Morgan fingerprint density at radius 1 is 1.73 bits per heavy atom. The highest BCUT2D eigenvalue weighted by Gasteiger charge is 2.22. The van der Waals surface area contributed by atoms with E-state index in [2.05, 4.69) is 4.74 Å². The van der Waals surface area contributed by atoms with Crippen molar-refractivity contribution in [3.8, 4) is 0 Å². The van der Waals surface area contributed by atoms with Crippen molar-refractivity contribution in [1.29, 1.82) is 0 Å². The number of esters is 1. The van der Waals surface area contributed by atoms with Crippen LogP contribution in [0.15, 0.2) is 0 Å². The van der Waals surface area contributed by atoms with E-state index in [9.17, 15) is 4.79 Å². The van der Waals surface area contributed by atoms with Gasteiger partial charge in [-0.25, -0.2) is 0 Å². The summed E-state index contributed by atoms with van der Waals surface area (Å²) in [5, 5.41) is 8.78. The molecule has 1 unspecified atom stereocenters. The van der Waals surface area contributed by atoms with Crippen LogP contribution in [0, 0.1) is 0 Å². The van der Waals surface area contributed by atoms with Gasteiger partial charge in [0.1, 0.15) is 6.61 Å². The molecule has 0 rings (SSSR count). The van der Waals surface area contributed by atoms with Gasteiger partial charge in [0.2, 0.25) is 0 Å². The van der Waals surface area contributed by atoms with Gasteiger partial charge in [0.05, 0.1) is 12.1 Å². The molecular formula is C7H15NO3. The average Bonchev–Trinajstić information content (AvgIpc) is 2.00. The van der Waals surface area contributed by atoms with E-state index in [0.29, 0.717) is 6.42 Å². The van der Waals surface area contributed by atoms with E-state index in [4.69, 9.17) is 10.8 Å². The molecule has 4 nitrogen and oxygen atoms in total. The molecular weight excluding hydrogens is 146 g/mol. The molecule has 0 aliphatic rings. The van der Waals surface area contributed by atoms with Crippen LogP contribution in [0.4, 0.5) is 0 Å². The van der Waals surface area contributed by atoms with Gasteiger partial charge in [-0.2, -0.15) is 0 Å². The molecule has 66 valence electrons. The predicted molar refractivity (Wildman–Crippen MR) is 40.9 cm³/mol. The molecule has 0 aliphatic carbocycles. The molecule has 0 aromatic carbocycles. The first kappa shape index (κ1) is 10.4. The van der Waals surface area contributed by atoms with Gasteiger partial charge in [-0.1, -0.05) is 6.92 Å². The van der Waals surface area contributed by atoms with Crippen LogP contribution in [-0.2, 0) is 9.53 Å². The first-order valence-corrected chi connectivity index (χ1v) is 3.57. The van der Waals surface area contributed by atoms with E-state index < -0.39 is 5.54 Å². The van der Waals surface area contributed by atoms with Crippen LogP contribution in [0.3, 0.4) is 0 Å². The summed E-state index contributed by atoms with van der Waals surface area (Å²) >= 11 is 0. The summed E-state index contributed by atoms with van der Waals surface area (Å²) in [4.78, 5) is 10.4. The second-order valence-electron chi connectivity index (χ2n) is 2.65. The smallest absolute Gasteiger partial charge is 0.302 e. The topological polar surface area (TPSA) is 72.6 Å². The van der Waals surface area contributed by atoms with E-state index in [0.717, 1.165) is 0 Å². The first-order chi connectivity index (χ1) is 5.04. The summed E-state index contributed by atoms with van der Waals surface area (Å²) in [7, 11) is 0. The van der Waals surface area contributed by atoms with Crippen molar-refractivity contribution < 1.29 is 14.6 Å². The van der Waals surface area contributed by atoms with Gasteiger partial charge in [0.15, 0.2) is 0 Å². The van der Waals surface area contributed by atoms with E-state index in [1.54, 1.807) is 0 Å². The van der Waals surface area contributed by atoms with Gasteiger partial charge in [0, 0.05) is 6.92 Å². The van der Waals surface area contributed by atoms with Crippen LogP contribution < -0.4 is 5.73 Å². The van der Waals surface area contributed by atoms with E-state index >= 15 is 0 Å². The Morgan fingerprint density at radius 2 is 2.27 bits per heavy atom. The number of carbonyl (C=O) groups is 1. The van der Waals surface area contributed by atoms with Gasteiger partial charge >= 0.3 is 5.97 Å². The predicted octanol–water partition coefficient (Wildman–Crippen LogP) is -0.351. The summed E-state index contributed by atoms with van der Waals surface area (Å²) in [5.74, 6) is -0.373. The molecule has 0 spiro atoms. The molecule has 3 N–H and O–H groups in total. The standard InChI is InChI=1S/C7H15NO3/c1-3-7(8,4-9)5-11-6(2)10/h9H,3-5,8H2,1-2H3. The fourth-order valence-corrected chi connectivity index (χ4v) is 0.505. The Bertz CT molecular complexity index is 132. The zero-order valence-electron chi connectivity index (χ0n) is 6.96. The molecule has 1 atom stereocenters. The van der Waals surface area contributed by atoms with E-state index in [-0.39, 0.29) is 19.2 Å². The van der Waals surface area contributed by atoms with Crippen LogP contribution in [-0.4, -0.2) is 29.8 Å². The Kier molecular flexibility index (Phi) is 4.07. The lowest BCUT2D eigenvalue weighted by molar-refractivity contribution is -0.143. The lowest BCUT2D eigenvalue weighted by Crippen LogP contribution is -2.47. The molecule has 0 saturated carbocycles. The molecule has 0 amide bonds. The highest BCUT2D eigenvalue weighted by molar-refractivity contribution is 5.65. The highest BCUT2D eigenvalue weighted by Crippen LogP contribution is 2.05. The number of hydrogen-bond acceptors (Lipinski definition) is 4. The summed E-state index contributed by atoms with van der Waals surface area (Å²) in [6.45, 7) is 3.05. The SMILES string of the molecule is CCC(N)(CO)COC(C)=O. The van der Waals surface area contributed by atoms with Crippen LogP contribution in [0.1, 0.15) is 20.3 Å². The fourth-order valence-electron chi connectivity index (χ4n) is 0.505. The molecule has 11 heavy (non-hydrogen) atoms. The van der Waals surface area contributed by atoms with Gasteiger partial charge in [-0.15, -0.1) is 0 Å². The maximum absolute atomic E-state index is 10.4. The average molecular weight is 161 g/mol. The lowest BCUT2D eigenvalue weighted by Gasteiger charge is -2.24. The second-order valence-corrected chi connectivity index (χ2v) is 2.65. The van der Waals surface area contributed by atoms with Crippen molar-refractivity contribution in [3.63, 3.8) is 0 Å². The Labute approximate surface area is 66.3 Å². The minimum atomic E-state index is -0.772. The third-order valence-electron chi connectivity index (χ3n) is 1.58. The van der Waals surface area contributed by atoms with Crippen molar-refractivity contribution in [2.24, 2.45) is 5.73 Å². The number of nitrogens with two attached hydrogens (primary N) is 1. The summed E-state index contributed by atoms with van der Waals surface area (Å²) < 4.78 is 4.66. The van der Waals surface area contributed by atoms with Gasteiger partial charge < -0.3 is 15.6 Å². The van der Waals surface area contributed by atoms with Gasteiger partial charge in [-0.05, 0) is 6.42 Å². The molecule has 0 saturated heterocycles. The highest BCUT2D eigenvalue weighted by atomic mass is 16.5. The maximum Gasteiger partial charge on any atom is 0.302 e. The van der Waals surface area contributed by atoms with Crippen LogP contribution in [0.5, 0.6) is 0 Å². The van der Waals surface area contributed by atoms with Gasteiger partial charge in [-0.3, -0.25) is 4.79 Å². The number of aliphatic hydroxyl groups is 1. The number of carbonyl (C=O) groups excluding carboxylic acids is 1. The van der Waals surface area contributed by atoms with Crippen molar-refractivity contribution in [3.05, 3.63) is 0 Å². The Morgan fingerprint density at radius 3 is 2.55 bits per heavy atom. The number of aliphatic hydroxyl groups excluding tert-OH is 1. The second kappa shape index (κ2) is 4.31. The molecule has 0 aromatic rings. The quantitative estimate of drug-likeness (QED) is 0.553. The van der Waals surface area contributed by atoms with Crippen molar-refractivity contribution in [2.45, 2.75) is 25.8 Å². The molecule has 0 bridgehead atoms. The van der Waals surface area contributed by atoms with Crippen LogP contribution in [0.25, 0.3) is 0 Å². The Balaban J connectivity index is 3.78. The summed E-state index contributed by atoms with van der Waals surface area (Å²) in [6, 6.07) is 0. The minimum absolute atomic E-state index is 0.0787. The van der Waals surface area contributed by atoms with Crippen molar-refractivity contribution >= 4 is 5.97 Å². The molecule has 0 aliphatic heterocycles. The van der Waals surface area contributed by atoms with Crippen LogP contribution in [0.2, 0.25) is 0 Å². The maximum atomic E-state index is 10.4. The van der Waals surface area contributed by atoms with Gasteiger partial charge in [0.25, 0.3) is 0 Å². The zero-order valence-corrected chi connectivity index (χ0v) is 6.96. The molecule has 0 fully saturated rings. The third kappa shape index (κ3) is 3.95. The summed E-state index contributed by atoms with van der Waals surface area (Å²) in [5.41, 5.74) is 4.85. The number of rotatable bonds is 4. The minimum Gasteiger partial charge on any atom is -0.464 e. The van der Waals surface area contributed by atoms with Crippen molar-refractivity contribution in [1.82, 2.24) is 0 Å². The Hall–Kier alpha value is -0.610. The summed E-state index contributed by atoms with van der Waals surface area (Å²) in [6.07, 6.45) is 0.580. The molecule has 0 radical (unpaired) electrons. The lowest BCUT2D eigenvalue weighted by atomic mass is 10.0. The van der Waals surface area contributed by atoms with E-state index in [1.165, 1.54) is 6.92 Å². The largest absolute Gasteiger partial charge is 0.464 e. The first-order valence-electron chi connectivity index (χ1n) is 3.57. The third-order valence-corrected chi connectivity index (χ3v) is 1.58. The van der Waals surface area contributed by atoms with Crippen LogP contribution >= 0.6 is 0 Å². The fraction of sp³-hybridized carbons (Fsp3) is 0.857. The normalized spacial score (nSPS) is 15.6. The van der Waals surface area contributed by atoms with Crippen molar-refractivity contribution in [2.75, 3.05) is 13.2 Å².